The van der Waals surface area contributed by atoms with Crippen LogP contribution in [0.1, 0.15) is 25.6 Å². The number of nitrogens with one attached hydrogen (secondary N) is 2. The van der Waals surface area contributed by atoms with Gasteiger partial charge in [0.2, 0.25) is 0 Å². The first kappa shape index (κ1) is 9.74. The quantitative estimate of drug-likeness (QED) is 0.743. The van der Waals surface area contributed by atoms with Crippen molar-refractivity contribution in [2.24, 2.45) is 0 Å². The highest BCUT2D eigenvalue weighted by atomic mass is 15.2. The number of nitrogens with zero attached hydrogens (tertiary/aromatic N) is 1. The smallest absolute Gasteiger partial charge is 0.0474 e. The third-order valence-corrected chi connectivity index (χ3v) is 3.12. The molecule has 1 aliphatic rings. The molecule has 0 radical (unpaired) electrons. The van der Waals surface area contributed by atoms with E-state index in [0.717, 1.165) is 19.6 Å². The average molecular weight is 193 g/mol. The number of H-pyrrole nitrogens is 1. The lowest BCUT2D eigenvalue weighted by molar-refractivity contribution is 0.124. The highest BCUT2D eigenvalue weighted by molar-refractivity contribution is 5.09. The third-order valence-electron chi connectivity index (χ3n) is 3.12. The summed E-state index contributed by atoms with van der Waals surface area (Å²) in [7, 11) is 0. The molecule has 3 nitrogen and oxygen atoms in total. The Bertz CT molecular complexity index is 268. The summed E-state index contributed by atoms with van der Waals surface area (Å²) in [5.41, 5.74) is 1.32. The maximum absolute atomic E-state index is 3.41. The molecule has 1 aromatic rings. The molecule has 1 saturated heterocycles. The van der Waals surface area contributed by atoms with Gasteiger partial charge in [-0.15, -0.1) is 0 Å². The van der Waals surface area contributed by atoms with Crippen molar-refractivity contribution in [1.29, 1.82) is 0 Å². The summed E-state index contributed by atoms with van der Waals surface area (Å²) in [4.78, 5) is 5.84. The summed E-state index contributed by atoms with van der Waals surface area (Å²) >= 11 is 0. The van der Waals surface area contributed by atoms with Gasteiger partial charge in [-0.05, 0) is 26.0 Å². The summed E-state index contributed by atoms with van der Waals surface area (Å²) in [6.07, 6.45) is 2.00. The lowest BCUT2D eigenvalue weighted by Gasteiger charge is -2.38. The van der Waals surface area contributed by atoms with Gasteiger partial charge in [-0.2, -0.15) is 0 Å². The molecule has 2 atom stereocenters. The molecule has 0 spiro atoms. The van der Waals surface area contributed by atoms with Crippen molar-refractivity contribution in [3.63, 3.8) is 0 Å². The number of hydrogen-bond donors (Lipinski definition) is 2. The van der Waals surface area contributed by atoms with Crippen LogP contribution >= 0.6 is 0 Å². The third kappa shape index (κ3) is 1.83. The van der Waals surface area contributed by atoms with Crippen LogP contribution < -0.4 is 5.32 Å². The van der Waals surface area contributed by atoms with E-state index in [9.17, 15) is 0 Å². The molecule has 2 heterocycles. The normalized spacial score (nSPS) is 26.3. The maximum Gasteiger partial charge on any atom is 0.0474 e. The number of hydrogen-bond acceptors (Lipinski definition) is 2. The molecule has 0 saturated carbocycles. The minimum absolute atomic E-state index is 0.502. The van der Waals surface area contributed by atoms with Gasteiger partial charge in [0.15, 0.2) is 0 Å². The molecule has 1 aliphatic heterocycles. The highest BCUT2D eigenvalue weighted by Crippen LogP contribution is 2.21. The zero-order valence-corrected chi connectivity index (χ0v) is 8.96. The molecule has 2 rings (SSSR count). The maximum atomic E-state index is 3.41. The monoisotopic (exact) mass is 193 g/mol. The molecule has 0 amide bonds. The van der Waals surface area contributed by atoms with Crippen LogP contribution in [0.4, 0.5) is 0 Å². The fourth-order valence-corrected chi connectivity index (χ4v) is 2.21. The van der Waals surface area contributed by atoms with Crippen molar-refractivity contribution in [2.45, 2.75) is 25.9 Å². The summed E-state index contributed by atoms with van der Waals surface area (Å²) in [5.74, 6) is 0. The Balaban J connectivity index is 2.06. The van der Waals surface area contributed by atoms with Crippen LogP contribution in [-0.2, 0) is 0 Å². The van der Waals surface area contributed by atoms with Crippen LogP contribution in [0, 0.1) is 0 Å². The Morgan fingerprint density at radius 3 is 3.07 bits per heavy atom. The molecular formula is C11H19N3. The molecule has 0 bridgehead atoms. The average Bonchev–Trinajstić information content (AvgIpc) is 2.70. The summed E-state index contributed by atoms with van der Waals surface area (Å²) in [6, 6.07) is 5.36. The second-order valence-electron chi connectivity index (χ2n) is 4.09. The lowest BCUT2D eigenvalue weighted by Crippen LogP contribution is -2.50. The van der Waals surface area contributed by atoms with Crippen molar-refractivity contribution in [2.75, 3.05) is 19.6 Å². The molecule has 1 fully saturated rings. The highest BCUT2D eigenvalue weighted by Gasteiger charge is 2.23. The Morgan fingerprint density at radius 2 is 2.43 bits per heavy atom. The van der Waals surface area contributed by atoms with Crippen LogP contribution in [0.25, 0.3) is 0 Å². The Hall–Kier alpha value is -0.800. The van der Waals surface area contributed by atoms with E-state index in [4.69, 9.17) is 0 Å². The lowest BCUT2D eigenvalue weighted by atomic mass is 10.1. The molecule has 0 unspecified atom stereocenters. The standard InChI is InChI=1S/C11H19N3/c1-9-8-12-6-7-14(9)10(2)11-4-3-5-13-11/h3-5,9-10,12-13H,6-8H2,1-2H3/t9-,10-/m0/s1. The van der Waals surface area contributed by atoms with Gasteiger partial charge in [-0.3, -0.25) is 4.90 Å². The molecule has 2 N–H and O–H groups in total. The SMILES string of the molecule is C[C@H]1CNCCN1[C@@H](C)c1ccc[nH]1. The van der Waals surface area contributed by atoms with E-state index in [1.54, 1.807) is 0 Å². The summed E-state index contributed by atoms with van der Waals surface area (Å²) < 4.78 is 0. The minimum Gasteiger partial charge on any atom is -0.364 e. The number of aromatic nitrogens is 1. The van der Waals surface area contributed by atoms with E-state index in [0.29, 0.717) is 12.1 Å². The first-order chi connectivity index (χ1) is 6.79. The molecule has 14 heavy (non-hydrogen) atoms. The Kier molecular flexibility index (Phi) is 2.89. The Labute approximate surface area is 85.5 Å². The van der Waals surface area contributed by atoms with Gasteiger partial charge in [-0.25, -0.2) is 0 Å². The van der Waals surface area contributed by atoms with Gasteiger partial charge in [0.25, 0.3) is 0 Å². The first-order valence-corrected chi connectivity index (χ1v) is 5.39. The largest absolute Gasteiger partial charge is 0.364 e. The van der Waals surface area contributed by atoms with Crippen molar-refractivity contribution < 1.29 is 0 Å². The second-order valence-corrected chi connectivity index (χ2v) is 4.09. The zero-order valence-electron chi connectivity index (χ0n) is 8.96. The fourth-order valence-electron chi connectivity index (χ4n) is 2.21. The van der Waals surface area contributed by atoms with Crippen molar-refractivity contribution >= 4 is 0 Å². The van der Waals surface area contributed by atoms with Gasteiger partial charge < -0.3 is 10.3 Å². The van der Waals surface area contributed by atoms with E-state index in [-0.39, 0.29) is 0 Å². The van der Waals surface area contributed by atoms with Crippen molar-refractivity contribution in [1.82, 2.24) is 15.2 Å². The van der Waals surface area contributed by atoms with Gasteiger partial charge in [-0.1, -0.05) is 0 Å². The first-order valence-electron chi connectivity index (χ1n) is 5.39. The van der Waals surface area contributed by atoms with E-state index in [1.165, 1.54) is 5.69 Å². The molecule has 0 aromatic carbocycles. The van der Waals surface area contributed by atoms with Crippen LogP contribution in [0.3, 0.4) is 0 Å². The van der Waals surface area contributed by atoms with Gasteiger partial charge in [0.05, 0.1) is 0 Å². The molecule has 0 aliphatic carbocycles. The van der Waals surface area contributed by atoms with Crippen LogP contribution in [-0.4, -0.2) is 35.6 Å². The number of aromatic amines is 1. The second kappa shape index (κ2) is 4.15. The Morgan fingerprint density at radius 1 is 1.57 bits per heavy atom. The summed E-state index contributed by atoms with van der Waals surface area (Å²) in [5, 5.41) is 3.41. The topological polar surface area (TPSA) is 31.1 Å². The van der Waals surface area contributed by atoms with Crippen molar-refractivity contribution in [3.05, 3.63) is 24.0 Å². The molecule has 78 valence electrons. The van der Waals surface area contributed by atoms with E-state index >= 15 is 0 Å². The number of piperazine rings is 1. The van der Waals surface area contributed by atoms with Crippen LogP contribution in [0.2, 0.25) is 0 Å². The van der Waals surface area contributed by atoms with E-state index < -0.39 is 0 Å². The molecular weight excluding hydrogens is 174 g/mol. The van der Waals surface area contributed by atoms with Gasteiger partial charge >= 0.3 is 0 Å². The summed E-state index contributed by atoms with van der Waals surface area (Å²) in [6.45, 7) is 7.90. The fraction of sp³-hybridized carbons (Fsp3) is 0.636. The predicted octanol–water partition coefficient (Wildman–Crippen LogP) is 1.37. The van der Waals surface area contributed by atoms with Crippen LogP contribution in [0.15, 0.2) is 18.3 Å². The molecule has 3 heteroatoms. The van der Waals surface area contributed by atoms with Crippen LogP contribution in [0.5, 0.6) is 0 Å². The minimum atomic E-state index is 0.502. The number of rotatable bonds is 2. The predicted molar refractivity (Wildman–Crippen MR) is 58.2 cm³/mol. The van der Waals surface area contributed by atoms with Gasteiger partial charge in [0.1, 0.15) is 0 Å². The van der Waals surface area contributed by atoms with Gasteiger partial charge in [0, 0.05) is 43.6 Å². The van der Waals surface area contributed by atoms with Crippen molar-refractivity contribution in [3.8, 4) is 0 Å². The van der Waals surface area contributed by atoms with E-state index in [2.05, 4.69) is 41.2 Å². The molecule has 1 aromatic heterocycles. The zero-order chi connectivity index (χ0) is 9.97. The van der Waals surface area contributed by atoms with E-state index in [1.807, 2.05) is 6.20 Å².